The van der Waals surface area contributed by atoms with Crippen LogP contribution in [0.15, 0.2) is 73.3 Å². The summed E-state index contributed by atoms with van der Waals surface area (Å²) in [7, 11) is 0. The van der Waals surface area contributed by atoms with Crippen LogP contribution in [0.2, 0.25) is 0 Å². The van der Waals surface area contributed by atoms with Crippen molar-refractivity contribution in [2.24, 2.45) is 0 Å². The summed E-state index contributed by atoms with van der Waals surface area (Å²) in [5.74, 6) is 0.777. The van der Waals surface area contributed by atoms with Crippen LogP contribution in [0.5, 0.6) is 0 Å². The van der Waals surface area contributed by atoms with Gasteiger partial charge in [0.2, 0.25) is 5.91 Å². The summed E-state index contributed by atoms with van der Waals surface area (Å²) in [6.45, 7) is 2.09. The van der Waals surface area contributed by atoms with Crippen LogP contribution in [0.3, 0.4) is 0 Å². The number of amides is 1. The van der Waals surface area contributed by atoms with E-state index in [1.54, 1.807) is 6.20 Å². The second-order valence-electron chi connectivity index (χ2n) is 6.23. The summed E-state index contributed by atoms with van der Waals surface area (Å²) in [6.07, 6.45) is 5.39. The number of carbonyl (C=O) groups is 1. The summed E-state index contributed by atoms with van der Waals surface area (Å²) < 4.78 is 2.08. The zero-order valence-electron chi connectivity index (χ0n) is 14.9. The van der Waals surface area contributed by atoms with Gasteiger partial charge in [-0.2, -0.15) is 0 Å². The Morgan fingerprint density at radius 2 is 1.81 bits per heavy atom. The lowest BCUT2D eigenvalue weighted by molar-refractivity contribution is -0.114. The van der Waals surface area contributed by atoms with Crippen molar-refractivity contribution < 1.29 is 4.79 Å². The number of benzene rings is 2. The number of nitrogens with one attached hydrogen (secondary N) is 2. The lowest BCUT2D eigenvalue weighted by Gasteiger charge is -2.11. The van der Waals surface area contributed by atoms with E-state index in [0.29, 0.717) is 6.54 Å². The number of hydrogen-bond donors (Lipinski definition) is 2. The first-order chi connectivity index (χ1) is 13.2. The molecule has 2 heterocycles. The van der Waals surface area contributed by atoms with Crippen molar-refractivity contribution in [2.45, 2.75) is 13.5 Å². The first kappa shape index (κ1) is 16.8. The molecular weight excluding hydrogens is 338 g/mol. The van der Waals surface area contributed by atoms with Gasteiger partial charge in [-0.25, -0.2) is 9.97 Å². The largest absolute Gasteiger partial charge is 0.347 e. The fourth-order valence-electron chi connectivity index (χ4n) is 3.07. The van der Waals surface area contributed by atoms with Gasteiger partial charge in [-0.3, -0.25) is 4.79 Å². The van der Waals surface area contributed by atoms with Crippen molar-refractivity contribution in [3.8, 4) is 22.5 Å². The molecule has 0 saturated heterocycles. The first-order valence-corrected chi connectivity index (χ1v) is 8.67. The van der Waals surface area contributed by atoms with E-state index in [1.807, 2.05) is 55.0 Å². The topological polar surface area (TPSA) is 75.6 Å². The van der Waals surface area contributed by atoms with E-state index in [4.69, 9.17) is 0 Å². The third-order valence-electron chi connectivity index (χ3n) is 4.24. The molecule has 2 aromatic heterocycles. The molecule has 27 heavy (non-hydrogen) atoms. The second-order valence-corrected chi connectivity index (χ2v) is 6.23. The molecule has 0 fully saturated rings. The highest BCUT2D eigenvalue weighted by Gasteiger charge is 2.16. The molecule has 0 saturated carbocycles. The minimum atomic E-state index is -0.0874. The maximum atomic E-state index is 11.3. The Hall–Kier alpha value is -3.67. The van der Waals surface area contributed by atoms with Gasteiger partial charge in [0.1, 0.15) is 5.82 Å². The zero-order chi connectivity index (χ0) is 18.6. The van der Waals surface area contributed by atoms with Crippen LogP contribution >= 0.6 is 0 Å². The Labute approximate surface area is 156 Å². The number of H-pyrrole nitrogens is 1. The minimum Gasteiger partial charge on any atom is -0.347 e. The maximum Gasteiger partial charge on any atom is 0.221 e. The third-order valence-corrected chi connectivity index (χ3v) is 4.24. The predicted molar refractivity (Wildman–Crippen MR) is 105 cm³/mol. The third kappa shape index (κ3) is 3.64. The van der Waals surface area contributed by atoms with Gasteiger partial charge in [0.25, 0.3) is 0 Å². The number of nitrogens with zero attached hydrogens (tertiary/aromatic N) is 3. The highest BCUT2D eigenvalue weighted by atomic mass is 16.1. The lowest BCUT2D eigenvalue weighted by atomic mass is 10.0. The van der Waals surface area contributed by atoms with Crippen LogP contribution < -0.4 is 5.32 Å². The normalized spacial score (nSPS) is 10.7. The average Bonchev–Trinajstić information content (AvgIpc) is 3.33. The van der Waals surface area contributed by atoms with E-state index in [0.717, 1.165) is 34.0 Å². The van der Waals surface area contributed by atoms with Gasteiger partial charge in [0, 0.05) is 36.1 Å². The molecule has 1 amide bonds. The Bertz CT molecular complexity index is 1030. The molecule has 2 N–H and O–H groups in total. The average molecular weight is 357 g/mol. The summed E-state index contributed by atoms with van der Waals surface area (Å²) in [5.41, 5.74) is 4.76. The van der Waals surface area contributed by atoms with E-state index in [2.05, 4.69) is 37.0 Å². The lowest BCUT2D eigenvalue weighted by Crippen LogP contribution is -2.05. The molecule has 4 rings (SSSR count). The smallest absolute Gasteiger partial charge is 0.221 e. The number of imidazole rings is 2. The van der Waals surface area contributed by atoms with Crippen LogP contribution in [0.1, 0.15) is 12.7 Å². The van der Waals surface area contributed by atoms with Gasteiger partial charge in [0.15, 0.2) is 0 Å². The van der Waals surface area contributed by atoms with Crippen molar-refractivity contribution in [3.63, 3.8) is 0 Å². The molecule has 2 aromatic carbocycles. The highest BCUT2D eigenvalue weighted by molar-refractivity contribution is 5.89. The fraction of sp³-hybridized carbons (Fsp3) is 0.0952. The van der Waals surface area contributed by atoms with E-state index in [9.17, 15) is 4.79 Å². The highest BCUT2D eigenvalue weighted by Crippen LogP contribution is 2.32. The van der Waals surface area contributed by atoms with Gasteiger partial charge >= 0.3 is 0 Å². The monoisotopic (exact) mass is 357 g/mol. The quantitative estimate of drug-likeness (QED) is 0.568. The molecule has 6 heteroatoms. The van der Waals surface area contributed by atoms with Crippen molar-refractivity contribution in [1.29, 1.82) is 0 Å². The number of anilines is 1. The molecule has 0 unspecified atom stereocenters. The van der Waals surface area contributed by atoms with Crippen LogP contribution in [0.4, 0.5) is 5.69 Å². The number of aromatic nitrogens is 4. The van der Waals surface area contributed by atoms with Crippen LogP contribution in [-0.2, 0) is 11.3 Å². The van der Waals surface area contributed by atoms with Crippen LogP contribution in [0.25, 0.3) is 22.5 Å². The molecular formula is C21H19N5O. The second kappa shape index (κ2) is 7.29. The molecule has 134 valence electrons. The molecule has 0 aliphatic rings. The van der Waals surface area contributed by atoms with Crippen LogP contribution in [-0.4, -0.2) is 25.4 Å². The van der Waals surface area contributed by atoms with Crippen LogP contribution in [0, 0.1) is 0 Å². The Morgan fingerprint density at radius 1 is 1.04 bits per heavy atom. The Balaban J connectivity index is 1.78. The molecule has 0 aliphatic heterocycles. The number of carbonyl (C=O) groups excluding carboxylic acids is 1. The maximum absolute atomic E-state index is 11.3. The predicted octanol–water partition coefficient (Wildman–Crippen LogP) is 3.95. The van der Waals surface area contributed by atoms with E-state index in [1.165, 1.54) is 6.92 Å². The summed E-state index contributed by atoms with van der Waals surface area (Å²) in [5, 5.41) is 2.80. The van der Waals surface area contributed by atoms with Gasteiger partial charge in [-0.1, -0.05) is 42.5 Å². The molecule has 4 aromatic rings. The van der Waals surface area contributed by atoms with Crippen molar-refractivity contribution in [3.05, 3.63) is 79.1 Å². The summed E-state index contributed by atoms with van der Waals surface area (Å²) in [4.78, 5) is 23.4. The van der Waals surface area contributed by atoms with Crippen molar-refractivity contribution >= 4 is 11.6 Å². The molecule has 0 bridgehead atoms. The number of rotatable bonds is 5. The summed E-state index contributed by atoms with van der Waals surface area (Å²) >= 11 is 0. The molecule has 0 spiro atoms. The minimum absolute atomic E-state index is 0.0874. The Morgan fingerprint density at radius 3 is 2.48 bits per heavy atom. The SMILES string of the molecule is CC(=O)Nc1ccc(-c2c(-c3ccccc3)ncn2Cc2ncc[nH]2)cc1. The van der Waals surface area contributed by atoms with E-state index in [-0.39, 0.29) is 5.91 Å². The van der Waals surface area contributed by atoms with Crippen molar-refractivity contribution in [2.75, 3.05) is 5.32 Å². The molecule has 0 atom stereocenters. The van der Waals surface area contributed by atoms with Gasteiger partial charge in [-0.05, 0) is 12.1 Å². The van der Waals surface area contributed by atoms with Crippen molar-refractivity contribution in [1.82, 2.24) is 19.5 Å². The van der Waals surface area contributed by atoms with Gasteiger partial charge in [-0.15, -0.1) is 0 Å². The Kier molecular flexibility index (Phi) is 4.53. The fourth-order valence-corrected chi connectivity index (χ4v) is 3.07. The molecule has 0 aliphatic carbocycles. The molecule has 6 nitrogen and oxygen atoms in total. The zero-order valence-corrected chi connectivity index (χ0v) is 14.9. The standard InChI is InChI=1S/C21H19N5O/c1-15(27)25-18-9-7-17(8-10-18)21-20(16-5-3-2-4-6-16)24-14-26(21)13-19-22-11-12-23-19/h2-12,14H,13H2,1H3,(H,22,23)(H,25,27). The first-order valence-electron chi connectivity index (χ1n) is 8.67. The van der Waals surface area contributed by atoms with E-state index < -0.39 is 0 Å². The van der Waals surface area contributed by atoms with Gasteiger partial charge in [0.05, 0.1) is 24.3 Å². The van der Waals surface area contributed by atoms with E-state index >= 15 is 0 Å². The number of aromatic amines is 1. The molecule has 0 radical (unpaired) electrons. The summed E-state index contributed by atoms with van der Waals surface area (Å²) in [6, 6.07) is 17.9. The number of hydrogen-bond acceptors (Lipinski definition) is 3. The van der Waals surface area contributed by atoms with Gasteiger partial charge < -0.3 is 14.9 Å².